The molecule has 6 heteroatoms. The first-order valence-electron chi connectivity index (χ1n) is 4.50. The Hall–Kier alpha value is -1.79. The lowest BCUT2D eigenvalue weighted by Gasteiger charge is -2.03. The number of aliphatic hydroxyl groups excluding tert-OH is 1. The minimum Gasteiger partial charge on any atom is -0.392 e. The fourth-order valence-corrected chi connectivity index (χ4v) is 2.06. The average Bonchev–Trinajstić information content (AvgIpc) is 2.81. The zero-order chi connectivity index (χ0) is 11.5. The van der Waals surface area contributed by atoms with Crippen molar-refractivity contribution in [2.45, 2.75) is 6.61 Å². The molecule has 0 aliphatic rings. The maximum atomic E-state index is 10.6. The topological polar surface area (TPSA) is 76.3 Å². The van der Waals surface area contributed by atoms with Crippen LogP contribution in [-0.4, -0.2) is 15.0 Å². The molecule has 0 radical (unpaired) electrons. The van der Waals surface area contributed by atoms with Crippen LogP contribution in [-0.2, 0) is 6.61 Å². The first-order valence-corrected chi connectivity index (χ1v) is 5.38. The molecule has 1 aromatic carbocycles. The van der Waals surface area contributed by atoms with E-state index in [1.165, 1.54) is 23.5 Å². The summed E-state index contributed by atoms with van der Waals surface area (Å²) in [7, 11) is 0. The van der Waals surface area contributed by atoms with Crippen LogP contribution in [0.2, 0.25) is 0 Å². The second-order valence-electron chi connectivity index (χ2n) is 3.09. The molecular formula is C10H8N2O3S. The van der Waals surface area contributed by atoms with E-state index in [9.17, 15) is 10.1 Å². The van der Waals surface area contributed by atoms with Crippen LogP contribution >= 0.6 is 11.3 Å². The van der Waals surface area contributed by atoms with E-state index >= 15 is 0 Å². The molecule has 0 atom stereocenters. The van der Waals surface area contributed by atoms with Gasteiger partial charge in [0.1, 0.15) is 5.01 Å². The molecule has 1 aromatic heterocycles. The maximum Gasteiger partial charge on any atom is 0.270 e. The molecule has 2 rings (SSSR count). The second-order valence-corrected chi connectivity index (χ2v) is 3.99. The van der Waals surface area contributed by atoms with Crippen LogP contribution in [0.25, 0.3) is 10.6 Å². The zero-order valence-electron chi connectivity index (χ0n) is 8.16. The van der Waals surface area contributed by atoms with Gasteiger partial charge in [-0.15, -0.1) is 11.3 Å². The lowest BCUT2D eigenvalue weighted by molar-refractivity contribution is -0.384. The molecule has 2 aromatic rings. The van der Waals surface area contributed by atoms with Gasteiger partial charge in [0.15, 0.2) is 0 Å². The summed E-state index contributed by atoms with van der Waals surface area (Å²) in [5.41, 5.74) is 1.26. The molecule has 0 unspecified atom stereocenters. The molecule has 1 heterocycles. The third-order valence-corrected chi connectivity index (χ3v) is 2.94. The molecule has 5 nitrogen and oxygen atoms in total. The Kier molecular flexibility index (Phi) is 2.93. The smallest absolute Gasteiger partial charge is 0.270 e. The molecule has 0 fully saturated rings. The fourth-order valence-electron chi connectivity index (χ4n) is 1.37. The van der Waals surface area contributed by atoms with Crippen LogP contribution in [0.5, 0.6) is 0 Å². The van der Waals surface area contributed by atoms with Crippen molar-refractivity contribution in [2.24, 2.45) is 0 Å². The average molecular weight is 236 g/mol. The summed E-state index contributed by atoms with van der Waals surface area (Å²) in [4.78, 5) is 14.3. The maximum absolute atomic E-state index is 10.6. The van der Waals surface area contributed by atoms with Gasteiger partial charge in [0.25, 0.3) is 5.69 Å². The number of nitro benzene ring substituents is 1. The van der Waals surface area contributed by atoms with Gasteiger partial charge in [0.2, 0.25) is 0 Å². The van der Waals surface area contributed by atoms with Gasteiger partial charge >= 0.3 is 0 Å². The van der Waals surface area contributed by atoms with E-state index in [0.717, 1.165) is 0 Å². The van der Waals surface area contributed by atoms with E-state index in [1.807, 2.05) is 0 Å². The Morgan fingerprint density at radius 3 is 2.88 bits per heavy atom. The number of aliphatic hydroxyl groups is 1. The predicted octanol–water partition coefficient (Wildman–Crippen LogP) is 2.21. The Balaban J connectivity index is 2.56. The Morgan fingerprint density at radius 2 is 2.31 bits per heavy atom. The van der Waals surface area contributed by atoms with Crippen LogP contribution in [0.15, 0.2) is 29.8 Å². The molecule has 0 saturated carbocycles. The molecule has 0 amide bonds. The first-order chi connectivity index (χ1) is 7.72. The summed E-state index contributed by atoms with van der Waals surface area (Å²) in [6.45, 7) is -0.160. The van der Waals surface area contributed by atoms with Crippen molar-refractivity contribution in [3.05, 3.63) is 45.5 Å². The minimum atomic E-state index is -0.460. The third-order valence-electron chi connectivity index (χ3n) is 2.14. The highest BCUT2D eigenvalue weighted by atomic mass is 32.1. The van der Waals surface area contributed by atoms with Crippen LogP contribution < -0.4 is 0 Å². The molecule has 16 heavy (non-hydrogen) atoms. The van der Waals surface area contributed by atoms with E-state index in [0.29, 0.717) is 16.1 Å². The summed E-state index contributed by atoms with van der Waals surface area (Å²) in [6.07, 6.45) is 1.62. The van der Waals surface area contributed by atoms with Crippen molar-refractivity contribution in [1.82, 2.24) is 4.98 Å². The summed E-state index contributed by atoms with van der Waals surface area (Å²) < 4.78 is 0. The van der Waals surface area contributed by atoms with E-state index in [-0.39, 0.29) is 12.3 Å². The van der Waals surface area contributed by atoms with E-state index in [2.05, 4.69) is 4.98 Å². The van der Waals surface area contributed by atoms with Crippen molar-refractivity contribution in [2.75, 3.05) is 0 Å². The summed E-state index contributed by atoms with van der Waals surface area (Å²) in [6, 6.07) is 4.36. The molecule has 1 N–H and O–H groups in total. The lowest BCUT2D eigenvalue weighted by atomic mass is 10.1. The normalized spacial score (nSPS) is 10.3. The number of nitrogens with zero attached hydrogens (tertiary/aromatic N) is 2. The minimum absolute atomic E-state index is 0.00222. The van der Waals surface area contributed by atoms with Gasteiger partial charge in [-0.1, -0.05) is 0 Å². The Bertz CT molecular complexity index is 511. The van der Waals surface area contributed by atoms with Gasteiger partial charge in [-0.05, 0) is 11.6 Å². The lowest BCUT2D eigenvalue weighted by Crippen LogP contribution is -1.93. The Labute approximate surface area is 95.2 Å². The first kappa shape index (κ1) is 10.7. The van der Waals surface area contributed by atoms with Crippen molar-refractivity contribution < 1.29 is 10.0 Å². The number of nitro groups is 1. The van der Waals surface area contributed by atoms with Crippen LogP contribution in [0.1, 0.15) is 5.56 Å². The molecule has 0 saturated heterocycles. The number of aromatic nitrogens is 1. The Morgan fingerprint density at radius 1 is 1.50 bits per heavy atom. The van der Waals surface area contributed by atoms with Crippen molar-refractivity contribution in [3.8, 4) is 10.6 Å². The summed E-state index contributed by atoms with van der Waals surface area (Å²) >= 11 is 1.38. The van der Waals surface area contributed by atoms with Gasteiger partial charge in [-0.3, -0.25) is 10.1 Å². The van der Waals surface area contributed by atoms with E-state index < -0.39 is 4.92 Å². The number of rotatable bonds is 3. The van der Waals surface area contributed by atoms with Gasteiger partial charge in [0.05, 0.1) is 11.5 Å². The van der Waals surface area contributed by atoms with Crippen LogP contribution in [0, 0.1) is 10.1 Å². The highest BCUT2D eigenvalue weighted by Gasteiger charge is 2.13. The largest absolute Gasteiger partial charge is 0.392 e. The van der Waals surface area contributed by atoms with E-state index in [1.54, 1.807) is 17.6 Å². The number of hydrogen-bond donors (Lipinski definition) is 1. The van der Waals surface area contributed by atoms with Gasteiger partial charge in [-0.25, -0.2) is 4.98 Å². The fraction of sp³-hybridized carbons (Fsp3) is 0.100. The SMILES string of the molecule is O=[N+]([O-])c1ccc(CO)c(-c2nccs2)c1. The number of thiazole rings is 1. The zero-order valence-corrected chi connectivity index (χ0v) is 8.98. The molecule has 0 aliphatic carbocycles. The number of benzene rings is 1. The summed E-state index contributed by atoms with van der Waals surface area (Å²) in [5, 5.41) is 22.3. The molecule has 0 aliphatic heterocycles. The summed E-state index contributed by atoms with van der Waals surface area (Å²) in [5.74, 6) is 0. The van der Waals surface area contributed by atoms with Crippen molar-refractivity contribution >= 4 is 17.0 Å². The molecule has 82 valence electrons. The van der Waals surface area contributed by atoms with Crippen LogP contribution in [0.4, 0.5) is 5.69 Å². The van der Waals surface area contributed by atoms with E-state index in [4.69, 9.17) is 5.11 Å². The molecular weight excluding hydrogens is 228 g/mol. The third kappa shape index (κ3) is 1.93. The molecule has 0 spiro atoms. The van der Waals surface area contributed by atoms with Gasteiger partial charge in [-0.2, -0.15) is 0 Å². The second kappa shape index (κ2) is 4.38. The quantitative estimate of drug-likeness (QED) is 0.654. The monoisotopic (exact) mass is 236 g/mol. The number of non-ortho nitro benzene ring substituents is 1. The van der Waals surface area contributed by atoms with Crippen molar-refractivity contribution in [3.63, 3.8) is 0 Å². The van der Waals surface area contributed by atoms with Crippen LogP contribution in [0.3, 0.4) is 0 Å². The highest BCUT2D eigenvalue weighted by molar-refractivity contribution is 7.13. The molecule has 0 bridgehead atoms. The standard InChI is InChI=1S/C10H8N2O3S/c13-6-7-1-2-8(12(14)15)5-9(7)10-11-3-4-16-10/h1-5,13H,6H2. The highest BCUT2D eigenvalue weighted by Crippen LogP contribution is 2.29. The predicted molar refractivity (Wildman–Crippen MR) is 60.1 cm³/mol. The van der Waals surface area contributed by atoms with Crippen molar-refractivity contribution in [1.29, 1.82) is 0 Å². The van der Waals surface area contributed by atoms with Gasteiger partial charge in [0, 0.05) is 29.3 Å². The number of hydrogen-bond acceptors (Lipinski definition) is 5. The van der Waals surface area contributed by atoms with Gasteiger partial charge < -0.3 is 5.11 Å².